The normalized spacial score (nSPS) is 16.7. The van der Waals surface area contributed by atoms with Gasteiger partial charge in [0, 0.05) is 13.1 Å². The number of oxazole rings is 1. The van der Waals surface area contributed by atoms with Crippen LogP contribution in [0.25, 0.3) is 0 Å². The van der Waals surface area contributed by atoms with E-state index >= 15 is 0 Å². The number of primary amides is 1. The topological polar surface area (TPSA) is 128 Å². The smallest absolute Gasteiger partial charge is 0.312 e. The fourth-order valence-electron chi connectivity index (χ4n) is 2.06. The molecule has 0 aromatic carbocycles. The summed E-state index contributed by atoms with van der Waals surface area (Å²) in [5.74, 6) is -1.48. The van der Waals surface area contributed by atoms with Crippen molar-refractivity contribution in [1.82, 2.24) is 9.29 Å². The zero-order valence-corrected chi connectivity index (χ0v) is 14.0. The van der Waals surface area contributed by atoms with Crippen LogP contribution in [0.2, 0.25) is 0 Å². The summed E-state index contributed by atoms with van der Waals surface area (Å²) >= 11 is 1.03. The molecule has 1 saturated heterocycles. The zero-order valence-electron chi connectivity index (χ0n) is 12.4. The Labute approximate surface area is 143 Å². The van der Waals surface area contributed by atoms with Gasteiger partial charge in [0.2, 0.25) is 0 Å². The lowest BCUT2D eigenvalue weighted by atomic mass is 10.3. The Kier molecular flexibility index (Phi) is 5.04. The van der Waals surface area contributed by atoms with Crippen LogP contribution < -0.4 is 11.1 Å². The Balaban J connectivity index is 1.83. The number of thiophene rings is 1. The van der Waals surface area contributed by atoms with Crippen LogP contribution in [0.1, 0.15) is 21.0 Å². The van der Waals surface area contributed by atoms with Gasteiger partial charge in [-0.3, -0.25) is 9.59 Å². The van der Waals surface area contributed by atoms with Crippen molar-refractivity contribution in [3.63, 3.8) is 0 Å². The molecule has 2 amide bonds. The van der Waals surface area contributed by atoms with Gasteiger partial charge < -0.3 is 20.2 Å². The van der Waals surface area contributed by atoms with Gasteiger partial charge in [-0.25, -0.2) is 13.5 Å². The summed E-state index contributed by atoms with van der Waals surface area (Å²) in [6, 6.07) is 1.43. The maximum Gasteiger partial charge on any atom is 0.312 e. The standard InChI is InChI=1S/C13H14N4O5S2/c14-10(18)8-7-9(24(20)17-2-5-21-6-3-17)23-13(8)16-11(19)12-15-1-4-22-12/h1,4,7H,2-3,5-6H2,(H2,14,18)(H,16,19). The SMILES string of the molecule is NC(=O)c1cc(S(=O)N2CCOCC2)sc1NC(=O)c1ncco1. The molecule has 1 aliphatic rings. The molecular weight excluding hydrogens is 356 g/mol. The van der Waals surface area contributed by atoms with Crippen LogP contribution in [0.5, 0.6) is 0 Å². The molecule has 1 fully saturated rings. The third kappa shape index (κ3) is 3.53. The van der Waals surface area contributed by atoms with Crippen molar-refractivity contribution in [2.24, 2.45) is 5.73 Å². The molecule has 1 aliphatic heterocycles. The Bertz CT molecular complexity index is 767. The number of hydrogen-bond acceptors (Lipinski definition) is 7. The van der Waals surface area contributed by atoms with E-state index in [1.165, 1.54) is 18.5 Å². The number of carbonyl (C=O) groups excluding carboxylic acids is 2. The number of nitrogens with one attached hydrogen (secondary N) is 1. The minimum absolute atomic E-state index is 0.0940. The van der Waals surface area contributed by atoms with Gasteiger partial charge in [0.05, 0.1) is 25.0 Å². The van der Waals surface area contributed by atoms with Gasteiger partial charge in [-0.05, 0) is 6.07 Å². The number of amides is 2. The average molecular weight is 370 g/mol. The molecule has 2 aromatic rings. The second-order valence-electron chi connectivity index (χ2n) is 4.75. The summed E-state index contributed by atoms with van der Waals surface area (Å²) in [4.78, 5) is 27.4. The Hall–Kier alpha value is -2.08. The lowest BCUT2D eigenvalue weighted by Gasteiger charge is -2.24. The summed E-state index contributed by atoms with van der Waals surface area (Å²) in [5.41, 5.74) is 5.44. The molecule has 0 bridgehead atoms. The molecule has 128 valence electrons. The van der Waals surface area contributed by atoms with Gasteiger partial charge in [-0.15, -0.1) is 11.3 Å². The summed E-state index contributed by atoms with van der Waals surface area (Å²) in [6.45, 7) is 2.03. The minimum atomic E-state index is -1.45. The summed E-state index contributed by atoms with van der Waals surface area (Å²) in [5, 5.41) is 2.73. The average Bonchev–Trinajstić information content (AvgIpc) is 3.24. The third-order valence-corrected chi connectivity index (χ3v) is 6.02. The number of rotatable bonds is 5. The number of nitrogens with two attached hydrogens (primary N) is 1. The van der Waals surface area contributed by atoms with Crippen molar-refractivity contribution in [3.8, 4) is 0 Å². The Morgan fingerprint density at radius 2 is 2.12 bits per heavy atom. The van der Waals surface area contributed by atoms with Gasteiger partial charge in [-0.2, -0.15) is 0 Å². The lowest BCUT2D eigenvalue weighted by molar-refractivity contribution is 0.0752. The molecule has 1 atom stereocenters. The monoisotopic (exact) mass is 370 g/mol. The number of anilines is 1. The molecule has 2 aromatic heterocycles. The van der Waals surface area contributed by atoms with E-state index in [9.17, 15) is 13.8 Å². The molecule has 3 N–H and O–H groups in total. The van der Waals surface area contributed by atoms with E-state index < -0.39 is 22.8 Å². The van der Waals surface area contributed by atoms with Crippen molar-refractivity contribution in [1.29, 1.82) is 0 Å². The van der Waals surface area contributed by atoms with E-state index in [0.717, 1.165) is 11.3 Å². The fourth-order valence-corrected chi connectivity index (χ4v) is 4.66. The van der Waals surface area contributed by atoms with E-state index in [0.29, 0.717) is 30.5 Å². The summed E-state index contributed by atoms with van der Waals surface area (Å²) in [6.07, 6.45) is 2.59. The molecule has 0 saturated carbocycles. The van der Waals surface area contributed by atoms with E-state index in [1.54, 1.807) is 4.31 Å². The number of morpholine rings is 1. The number of aromatic nitrogens is 1. The molecule has 0 aliphatic carbocycles. The second kappa shape index (κ2) is 7.21. The molecule has 11 heteroatoms. The highest BCUT2D eigenvalue weighted by Crippen LogP contribution is 2.31. The van der Waals surface area contributed by atoms with Crippen molar-refractivity contribution in [2.45, 2.75) is 4.21 Å². The third-order valence-electron chi connectivity index (χ3n) is 3.21. The molecule has 1 unspecified atom stereocenters. The zero-order chi connectivity index (χ0) is 17.1. The van der Waals surface area contributed by atoms with Crippen molar-refractivity contribution in [2.75, 3.05) is 31.6 Å². The molecule has 0 spiro atoms. The Morgan fingerprint density at radius 3 is 2.75 bits per heavy atom. The van der Waals surface area contributed by atoms with Gasteiger partial charge in [0.15, 0.2) is 0 Å². The largest absolute Gasteiger partial charge is 0.441 e. The predicted molar refractivity (Wildman–Crippen MR) is 86.1 cm³/mol. The van der Waals surface area contributed by atoms with E-state index in [-0.39, 0.29) is 16.5 Å². The maximum atomic E-state index is 12.6. The highest BCUT2D eigenvalue weighted by Gasteiger charge is 2.24. The maximum absolute atomic E-state index is 12.6. The number of carbonyl (C=O) groups is 2. The molecule has 24 heavy (non-hydrogen) atoms. The summed E-state index contributed by atoms with van der Waals surface area (Å²) < 4.78 is 24.9. The van der Waals surface area contributed by atoms with E-state index in [4.69, 9.17) is 14.9 Å². The number of nitrogens with zero attached hydrogens (tertiary/aromatic N) is 2. The van der Waals surface area contributed by atoms with E-state index in [1.807, 2.05) is 0 Å². The molecule has 3 rings (SSSR count). The van der Waals surface area contributed by atoms with Crippen LogP contribution in [0.3, 0.4) is 0 Å². The minimum Gasteiger partial charge on any atom is -0.441 e. The van der Waals surface area contributed by atoms with Crippen LogP contribution in [0, 0.1) is 0 Å². The molecular formula is C13H14N4O5S2. The van der Waals surface area contributed by atoms with Crippen molar-refractivity contribution < 1.29 is 23.0 Å². The van der Waals surface area contributed by atoms with Gasteiger partial charge >= 0.3 is 5.91 Å². The number of hydrogen-bond donors (Lipinski definition) is 2. The van der Waals surface area contributed by atoms with Crippen LogP contribution in [0.4, 0.5) is 5.00 Å². The van der Waals surface area contributed by atoms with Crippen LogP contribution in [-0.4, -0.2) is 51.6 Å². The first-order chi connectivity index (χ1) is 11.6. The second-order valence-corrected chi connectivity index (χ2v) is 7.52. The first kappa shape index (κ1) is 16.8. The van der Waals surface area contributed by atoms with Crippen LogP contribution >= 0.6 is 11.3 Å². The van der Waals surface area contributed by atoms with Gasteiger partial charge in [0.1, 0.15) is 26.5 Å². The Morgan fingerprint density at radius 1 is 1.38 bits per heavy atom. The van der Waals surface area contributed by atoms with Gasteiger partial charge in [-0.1, -0.05) is 0 Å². The molecule has 0 radical (unpaired) electrons. The van der Waals surface area contributed by atoms with Crippen molar-refractivity contribution >= 4 is 39.1 Å². The van der Waals surface area contributed by atoms with Crippen LogP contribution in [0.15, 0.2) is 27.2 Å². The predicted octanol–water partition coefficient (Wildman–Crippen LogP) is 0.442. The highest BCUT2D eigenvalue weighted by molar-refractivity contribution is 7.85. The molecule has 3 heterocycles. The van der Waals surface area contributed by atoms with Crippen molar-refractivity contribution in [3.05, 3.63) is 30.0 Å². The highest BCUT2D eigenvalue weighted by atomic mass is 32.2. The lowest BCUT2D eigenvalue weighted by Crippen LogP contribution is -2.37. The quantitative estimate of drug-likeness (QED) is 0.786. The first-order valence-electron chi connectivity index (χ1n) is 6.95. The summed E-state index contributed by atoms with van der Waals surface area (Å²) in [7, 11) is -1.45. The van der Waals surface area contributed by atoms with E-state index in [2.05, 4.69) is 10.3 Å². The molecule has 9 nitrogen and oxygen atoms in total. The first-order valence-corrected chi connectivity index (χ1v) is 8.87. The van der Waals surface area contributed by atoms with Crippen LogP contribution in [-0.2, 0) is 15.7 Å². The fraction of sp³-hybridized carbons (Fsp3) is 0.308. The number of ether oxygens (including phenoxy) is 1. The van der Waals surface area contributed by atoms with Gasteiger partial charge in [0.25, 0.3) is 11.8 Å².